The van der Waals surface area contributed by atoms with Crippen molar-refractivity contribution in [1.29, 1.82) is 0 Å². The van der Waals surface area contributed by atoms with Crippen LogP contribution in [0.5, 0.6) is 0 Å². The second kappa shape index (κ2) is 8.95. The molecule has 0 aromatic heterocycles. The van der Waals surface area contributed by atoms with Gasteiger partial charge in [0.05, 0.1) is 0 Å². The van der Waals surface area contributed by atoms with E-state index < -0.39 is 18.1 Å². The average molecular weight is 319 g/mol. The Kier molecular flexibility index (Phi) is 8.44. The molecule has 0 aliphatic rings. The summed E-state index contributed by atoms with van der Waals surface area (Å²) in [6.07, 6.45) is 0.272. The third-order valence-electron chi connectivity index (χ3n) is 3.46. The standard InChI is InChI=1S/C13H26N3O4P/c1-8(2)11(13(19)20)16(5)12(18)9(3)15(4)10(17)6-7-14-21/h8-9,11,14H,6-7,21H2,1-5H3,(H,19,20). The smallest absolute Gasteiger partial charge is 0.326 e. The molecule has 0 aromatic carbocycles. The van der Waals surface area contributed by atoms with E-state index in [0.717, 1.165) is 0 Å². The molecule has 0 aliphatic heterocycles. The number of likely N-dealkylation sites (N-methyl/N-ethyl adjacent to an activating group) is 2. The van der Waals surface area contributed by atoms with Gasteiger partial charge in [-0.15, -0.1) is 0 Å². The number of hydrogen-bond donors (Lipinski definition) is 2. The first-order valence-electron chi connectivity index (χ1n) is 6.83. The van der Waals surface area contributed by atoms with Gasteiger partial charge >= 0.3 is 5.97 Å². The lowest BCUT2D eigenvalue weighted by atomic mass is 10.0. The maximum Gasteiger partial charge on any atom is 0.326 e. The summed E-state index contributed by atoms with van der Waals surface area (Å²) in [6.45, 7) is 5.58. The lowest BCUT2D eigenvalue weighted by molar-refractivity contribution is -0.154. The van der Waals surface area contributed by atoms with Gasteiger partial charge in [0.15, 0.2) is 0 Å². The molecule has 2 amide bonds. The molecule has 0 fully saturated rings. The second-order valence-corrected chi connectivity index (χ2v) is 5.77. The number of carbonyl (C=O) groups is 3. The lowest BCUT2D eigenvalue weighted by Crippen LogP contribution is -2.53. The predicted molar refractivity (Wildman–Crippen MR) is 83.6 cm³/mol. The normalized spacial score (nSPS) is 13.7. The van der Waals surface area contributed by atoms with Crippen LogP contribution in [0, 0.1) is 5.92 Å². The minimum Gasteiger partial charge on any atom is -0.480 e. The molecule has 3 unspecified atom stereocenters. The van der Waals surface area contributed by atoms with Crippen molar-refractivity contribution < 1.29 is 19.5 Å². The molecule has 2 N–H and O–H groups in total. The Hall–Kier alpha value is -1.20. The Bertz CT molecular complexity index is 390. The maximum atomic E-state index is 12.4. The van der Waals surface area contributed by atoms with Crippen LogP contribution in [-0.2, 0) is 14.4 Å². The van der Waals surface area contributed by atoms with Crippen LogP contribution >= 0.6 is 9.39 Å². The average Bonchev–Trinajstić information content (AvgIpc) is 2.41. The molecule has 8 heteroatoms. The highest BCUT2D eigenvalue weighted by atomic mass is 31.0. The van der Waals surface area contributed by atoms with Gasteiger partial charge in [0.1, 0.15) is 12.1 Å². The summed E-state index contributed by atoms with van der Waals surface area (Å²) in [5.74, 6) is -1.82. The molecule has 0 heterocycles. The molecule has 0 saturated heterocycles. The number of nitrogens with zero attached hydrogens (tertiary/aromatic N) is 2. The van der Waals surface area contributed by atoms with Crippen molar-refractivity contribution in [2.24, 2.45) is 5.92 Å². The van der Waals surface area contributed by atoms with Gasteiger partial charge < -0.3 is 20.0 Å². The van der Waals surface area contributed by atoms with Crippen molar-refractivity contribution in [3.8, 4) is 0 Å². The summed E-state index contributed by atoms with van der Waals surface area (Å²) in [5.41, 5.74) is 0. The maximum absolute atomic E-state index is 12.4. The van der Waals surface area contributed by atoms with E-state index in [-0.39, 0.29) is 24.2 Å². The van der Waals surface area contributed by atoms with Gasteiger partial charge in [-0.25, -0.2) is 4.79 Å². The first kappa shape index (κ1) is 19.8. The number of aliphatic carboxylic acids is 1. The fraction of sp³-hybridized carbons (Fsp3) is 0.769. The van der Waals surface area contributed by atoms with Gasteiger partial charge in [0.25, 0.3) is 0 Å². The second-order valence-electron chi connectivity index (χ2n) is 5.36. The minimum atomic E-state index is -1.05. The first-order chi connectivity index (χ1) is 9.64. The van der Waals surface area contributed by atoms with Crippen molar-refractivity contribution in [3.63, 3.8) is 0 Å². The molecular weight excluding hydrogens is 293 g/mol. The fourth-order valence-electron chi connectivity index (χ4n) is 2.07. The zero-order valence-corrected chi connectivity index (χ0v) is 14.4. The molecule has 0 aromatic rings. The summed E-state index contributed by atoms with van der Waals surface area (Å²) < 4.78 is 0. The molecule has 0 aliphatic carbocycles. The Morgan fingerprint density at radius 1 is 1.14 bits per heavy atom. The van der Waals surface area contributed by atoms with Gasteiger partial charge in [0, 0.05) is 27.1 Å². The first-order valence-corrected chi connectivity index (χ1v) is 7.41. The van der Waals surface area contributed by atoms with Gasteiger partial charge in [-0.2, -0.15) is 0 Å². The van der Waals surface area contributed by atoms with Crippen molar-refractivity contribution in [1.82, 2.24) is 14.9 Å². The van der Waals surface area contributed by atoms with E-state index in [0.29, 0.717) is 6.54 Å². The van der Waals surface area contributed by atoms with E-state index >= 15 is 0 Å². The summed E-state index contributed by atoms with van der Waals surface area (Å²) >= 11 is 0. The largest absolute Gasteiger partial charge is 0.480 e. The topological polar surface area (TPSA) is 90.0 Å². The number of carboxylic acid groups (broad SMARTS) is 1. The Morgan fingerprint density at radius 3 is 2.05 bits per heavy atom. The van der Waals surface area contributed by atoms with Gasteiger partial charge in [-0.05, 0) is 12.8 Å². The third kappa shape index (κ3) is 5.59. The minimum absolute atomic E-state index is 0.171. The molecule has 21 heavy (non-hydrogen) atoms. The van der Waals surface area contributed by atoms with Gasteiger partial charge in [0.2, 0.25) is 11.8 Å². The molecule has 7 nitrogen and oxygen atoms in total. The van der Waals surface area contributed by atoms with Crippen molar-refractivity contribution in [2.75, 3.05) is 20.6 Å². The summed E-state index contributed by atoms with van der Waals surface area (Å²) in [4.78, 5) is 38.1. The third-order valence-corrected chi connectivity index (χ3v) is 3.75. The van der Waals surface area contributed by atoms with Crippen LogP contribution in [0.1, 0.15) is 27.2 Å². The van der Waals surface area contributed by atoms with Crippen LogP contribution in [0.2, 0.25) is 0 Å². The molecular formula is C13H26N3O4P. The van der Waals surface area contributed by atoms with Gasteiger partial charge in [-0.1, -0.05) is 23.2 Å². The van der Waals surface area contributed by atoms with E-state index in [1.807, 2.05) is 0 Å². The van der Waals surface area contributed by atoms with Crippen molar-refractivity contribution in [3.05, 3.63) is 0 Å². The quantitative estimate of drug-likeness (QED) is 0.623. The molecule has 0 bridgehead atoms. The molecule has 0 spiro atoms. The highest BCUT2D eigenvalue weighted by Gasteiger charge is 2.33. The van der Waals surface area contributed by atoms with Crippen molar-refractivity contribution in [2.45, 2.75) is 39.3 Å². The van der Waals surface area contributed by atoms with Crippen LogP contribution in [-0.4, -0.2) is 65.4 Å². The Morgan fingerprint density at radius 2 is 1.67 bits per heavy atom. The van der Waals surface area contributed by atoms with Crippen LogP contribution < -0.4 is 5.09 Å². The van der Waals surface area contributed by atoms with E-state index in [9.17, 15) is 19.5 Å². The molecule has 122 valence electrons. The summed E-state index contributed by atoms with van der Waals surface area (Å²) in [7, 11) is 5.31. The number of carboxylic acids is 1. The molecule has 0 radical (unpaired) electrons. The highest BCUT2D eigenvalue weighted by Crippen LogP contribution is 2.13. The Balaban J connectivity index is 4.89. The number of nitrogens with one attached hydrogen (secondary N) is 1. The highest BCUT2D eigenvalue weighted by molar-refractivity contribution is 7.13. The van der Waals surface area contributed by atoms with E-state index in [1.54, 1.807) is 27.8 Å². The molecule has 0 saturated carbocycles. The Labute approximate surface area is 128 Å². The van der Waals surface area contributed by atoms with Crippen LogP contribution in [0.15, 0.2) is 0 Å². The monoisotopic (exact) mass is 319 g/mol. The summed E-state index contributed by atoms with van der Waals surface area (Å²) in [6, 6.07) is -1.61. The van der Waals surface area contributed by atoms with E-state index in [2.05, 4.69) is 14.5 Å². The molecule has 0 rings (SSSR count). The fourth-order valence-corrected chi connectivity index (χ4v) is 2.21. The molecule has 3 atom stereocenters. The zero-order chi connectivity index (χ0) is 16.7. The SMILES string of the molecule is CC(C)C(C(=O)O)N(C)C(=O)C(C)N(C)C(=O)CCNP. The number of amides is 2. The number of rotatable bonds is 8. The lowest BCUT2D eigenvalue weighted by Gasteiger charge is -2.33. The summed E-state index contributed by atoms with van der Waals surface area (Å²) in [5, 5.41) is 12.0. The zero-order valence-electron chi connectivity index (χ0n) is 13.3. The predicted octanol–water partition coefficient (Wildman–Crippen LogP) is 0.171. The number of hydrogen-bond acceptors (Lipinski definition) is 4. The van der Waals surface area contributed by atoms with Crippen LogP contribution in [0.4, 0.5) is 0 Å². The van der Waals surface area contributed by atoms with E-state index in [1.165, 1.54) is 16.8 Å². The van der Waals surface area contributed by atoms with Crippen molar-refractivity contribution >= 4 is 27.2 Å². The van der Waals surface area contributed by atoms with Gasteiger partial charge in [-0.3, -0.25) is 9.59 Å². The van der Waals surface area contributed by atoms with E-state index in [4.69, 9.17) is 0 Å². The van der Waals surface area contributed by atoms with Crippen LogP contribution in [0.3, 0.4) is 0 Å². The van der Waals surface area contributed by atoms with Crippen LogP contribution in [0.25, 0.3) is 0 Å². The number of carbonyl (C=O) groups excluding carboxylic acids is 2.